The minimum absolute atomic E-state index is 0.122. The highest BCUT2D eigenvalue weighted by Crippen LogP contribution is 2.26. The number of nitrogens with zero attached hydrogens (tertiary/aromatic N) is 2. The van der Waals surface area contributed by atoms with Crippen LogP contribution in [0.15, 0.2) is 52.9 Å². The molecule has 156 valence electrons. The maximum atomic E-state index is 12.2. The van der Waals surface area contributed by atoms with E-state index >= 15 is 0 Å². The average molecular weight is 461 g/mol. The minimum Gasteiger partial charge on any atom is -0.325 e. The predicted molar refractivity (Wildman–Crippen MR) is 124 cm³/mol. The largest absolute Gasteiger partial charge is 0.325 e. The summed E-state index contributed by atoms with van der Waals surface area (Å²) in [5, 5.41) is 14.5. The number of rotatable bonds is 9. The van der Waals surface area contributed by atoms with E-state index in [4.69, 9.17) is 11.6 Å². The molecule has 2 amide bonds. The maximum Gasteiger partial charge on any atom is 0.257 e. The van der Waals surface area contributed by atoms with Crippen molar-refractivity contribution >= 4 is 57.3 Å². The third-order valence-corrected chi connectivity index (χ3v) is 6.34. The first-order chi connectivity index (χ1) is 14.5. The van der Waals surface area contributed by atoms with Gasteiger partial charge in [-0.3, -0.25) is 14.9 Å². The number of carbonyl (C=O) groups is 2. The van der Waals surface area contributed by atoms with Crippen molar-refractivity contribution in [2.45, 2.75) is 30.5 Å². The van der Waals surface area contributed by atoms with Gasteiger partial charge in [-0.05, 0) is 54.8 Å². The van der Waals surface area contributed by atoms with Crippen LogP contribution in [0.4, 0.5) is 10.8 Å². The van der Waals surface area contributed by atoms with Crippen LogP contribution in [0.1, 0.15) is 35.7 Å². The van der Waals surface area contributed by atoms with E-state index in [-0.39, 0.29) is 17.6 Å². The maximum absolute atomic E-state index is 12.2. The van der Waals surface area contributed by atoms with Gasteiger partial charge in [0.15, 0.2) is 4.34 Å². The zero-order valence-corrected chi connectivity index (χ0v) is 18.7. The molecule has 2 aromatic carbocycles. The van der Waals surface area contributed by atoms with Crippen LogP contribution in [0.25, 0.3) is 0 Å². The molecule has 6 nitrogen and oxygen atoms in total. The second-order valence-electron chi connectivity index (χ2n) is 6.47. The highest BCUT2D eigenvalue weighted by molar-refractivity contribution is 8.01. The van der Waals surface area contributed by atoms with Crippen LogP contribution in [0.5, 0.6) is 0 Å². The van der Waals surface area contributed by atoms with Crippen molar-refractivity contribution in [3.8, 4) is 0 Å². The van der Waals surface area contributed by atoms with Crippen LogP contribution in [-0.2, 0) is 11.2 Å². The van der Waals surface area contributed by atoms with Gasteiger partial charge in [0.25, 0.3) is 5.91 Å². The van der Waals surface area contributed by atoms with Gasteiger partial charge >= 0.3 is 0 Å². The number of benzene rings is 2. The molecule has 2 N–H and O–H groups in total. The first-order valence-electron chi connectivity index (χ1n) is 9.45. The van der Waals surface area contributed by atoms with Crippen LogP contribution < -0.4 is 10.6 Å². The van der Waals surface area contributed by atoms with Crippen molar-refractivity contribution in [1.82, 2.24) is 10.2 Å². The molecule has 0 spiro atoms. The Balaban J connectivity index is 1.46. The molecule has 9 heteroatoms. The van der Waals surface area contributed by atoms with Crippen molar-refractivity contribution in [3.05, 3.63) is 64.7 Å². The lowest BCUT2D eigenvalue weighted by molar-refractivity contribution is -0.113. The van der Waals surface area contributed by atoms with E-state index in [0.29, 0.717) is 20.1 Å². The third-order valence-electron chi connectivity index (χ3n) is 4.12. The smallest absolute Gasteiger partial charge is 0.257 e. The molecule has 0 saturated carbocycles. The number of amides is 2. The third kappa shape index (κ3) is 6.83. The standard InChI is InChI=1S/C21H21ClN4O2S2/c1-2-3-4-14-5-11-17(12-6-14)23-18(27)13-29-21-26-25-20(30-21)24-19(28)15-7-9-16(22)10-8-15/h5-12H,2-4,13H2,1H3,(H,23,27)(H,24,25,28). The first-order valence-corrected chi connectivity index (χ1v) is 11.6. The molecule has 0 aliphatic rings. The topological polar surface area (TPSA) is 84.0 Å². The van der Waals surface area contributed by atoms with Gasteiger partial charge < -0.3 is 5.32 Å². The Morgan fingerprint density at radius 3 is 2.47 bits per heavy atom. The molecule has 0 saturated heterocycles. The lowest BCUT2D eigenvalue weighted by Gasteiger charge is -2.05. The number of carbonyl (C=O) groups excluding carboxylic acids is 2. The number of hydrogen-bond acceptors (Lipinski definition) is 6. The van der Waals surface area contributed by atoms with Crippen LogP contribution in [0.2, 0.25) is 5.02 Å². The molecule has 0 aliphatic carbocycles. The Kier molecular flexibility index (Phi) is 8.24. The molecule has 0 fully saturated rings. The van der Waals surface area contributed by atoms with Crippen LogP contribution in [0, 0.1) is 0 Å². The van der Waals surface area contributed by atoms with Crippen molar-refractivity contribution < 1.29 is 9.59 Å². The molecule has 0 unspecified atom stereocenters. The molecule has 30 heavy (non-hydrogen) atoms. The second kappa shape index (κ2) is 11.1. The van der Waals surface area contributed by atoms with Gasteiger partial charge in [0.2, 0.25) is 11.0 Å². The summed E-state index contributed by atoms with van der Waals surface area (Å²) in [6.07, 6.45) is 3.37. The van der Waals surface area contributed by atoms with Gasteiger partial charge in [0, 0.05) is 16.3 Å². The van der Waals surface area contributed by atoms with Gasteiger partial charge in [-0.2, -0.15) is 0 Å². The number of unbranched alkanes of at least 4 members (excludes halogenated alkanes) is 1. The fourth-order valence-electron chi connectivity index (χ4n) is 2.55. The molecule has 0 aliphatic heterocycles. The van der Waals surface area contributed by atoms with E-state index in [9.17, 15) is 9.59 Å². The Labute approximate surface area is 188 Å². The number of halogens is 1. The minimum atomic E-state index is -0.292. The molecule has 1 heterocycles. The Morgan fingerprint density at radius 2 is 1.77 bits per heavy atom. The van der Waals surface area contributed by atoms with Crippen LogP contribution in [-0.4, -0.2) is 27.8 Å². The highest BCUT2D eigenvalue weighted by Gasteiger charge is 2.12. The zero-order valence-electron chi connectivity index (χ0n) is 16.4. The van der Waals surface area contributed by atoms with Crippen molar-refractivity contribution in [2.75, 3.05) is 16.4 Å². The van der Waals surface area contributed by atoms with Gasteiger partial charge in [0.05, 0.1) is 5.75 Å². The summed E-state index contributed by atoms with van der Waals surface area (Å²) in [4.78, 5) is 24.4. The fraction of sp³-hybridized carbons (Fsp3) is 0.238. The molecular weight excluding hydrogens is 440 g/mol. The number of thioether (sulfide) groups is 1. The van der Waals surface area contributed by atoms with E-state index in [0.717, 1.165) is 24.9 Å². The normalized spacial score (nSPS) is 10.6. The van der Waals surface area contributed by atoms with E-state index < -0.39 is 0 Å². The molecule has 3 aromatic rings. The van der Waals surface area contributed by atoms with Crippen molar-refractivity contribution in [2.24, 2.45) is 0 Å². The number of aryl methyl sites for hydroxylation is 1. The molecule has 0 bridgehead atoms. The van der Waals surface area contributed by atoms with E-state index in [2.05, 4.69) is 27.8 Å². The average Bonchev–Trinajstić information content (AvgIpc) is 3.19. The summed E-state index contributed by atoms with van der Waals surface area (Å²) >= 11 is 8.32. The van der Waals surface area contributed by atoms with Gasteiger partial charge in [-0.15, -0.1) is 10.2 Å². The Bertz CT molecular complexity index is 991. The summed E-state index contributed by atoms with van der Waals surface area (Å²) in [6, 6.07) is 14.5. The monoisotopic (exact) mass is 460 g/mol. The zero-order chi connectivity index (χ0) is 21.3. The first kappa shape index (κ1) is 22.3. The van der Waals surface area contributed by atoms with Crippen LogP contribution >= 0.6 is 34.7 Å². The summed E-state index contributed by atoms with van der Waals surface area (Å²) < 4.78 is 0.603. The van der Waals surface area contributed by atoms with Crippen LogP contribution in [0.3, 0.4) is 0 Å². The number of anilines is 2. The molecule has 3 rings (SSSR count). The second-order valence-corrected chi connectivity index (χ2v) is 9.11. The van der Waals surface area contributed by atoms with E-state index in [1.54, 1.807) is 24.3 Å². The quantitative estimate of drug-likeness (QED) is 0.324. The lowest BCUT2D eigenvalue weighted by Crippen LogP contribution is -2.13. The van der Waals surface area contributed by atoms with Gasteiger partial charge in [-0.25, -0.2) is 0 Å². The van der Waals surface area contributed by atoms with Crippen molar-refractivity contribution in [3.63, 3.8) is 0 Å². The molecular formula is C21H21ClN4O2S2. The molecule has 0 atom stereocenters. The highest BCUT2D eigenvalue weighted by atomic mass is 35.5. The Morgan fingerprint density at radius 1 is 1.03 bits per heavy atom. The molecule has 1 aromatic heterocycles. The SMILES string of the molecule is CCCCc1ccc(NC(=O)CSc2nnc(NC(=O)c3ccc(Cl)cc3)s2)cc1. The van der Waals surface area contributed by atoms with Gasteiger partial charge in [-0.1, -0.05) is 60.2 Å². The van der Waals surface area contributed by atoms with E-state index in [1.807, 2.05) is 24.3 Å². The number of hydrogen-bond donors (Lipinski definition) is 2. The Hall–Kier alpha value is -2.42. The molecule has 0 radical (unpaired) electrons. The van der Waals surface area contributed by atoms with Crippen molar-refractivity contribution in [1.29, 1.82) is 0 Å². The lowest BCUT2D eigenvalue weighted by atomic mass is 10.1. The summed E-state index contributed by atoms with van der Waals surface area (Å²) in [5.74, 6) is -0.208. The van der Waals surface area contributed by atoms with E-state index in [1.165, 1.54) is 28.7 Å². The predicted octanol–water partition coefficient (Wildman–Crippen LogP) is 5.52. The van der Waals surface area contributed by atoms with Gasteiger partial charge in [0.1, 0.15) is 0 Å². The number of nitrogens with one attached hydrogen (secondary N) is 2. The summed E-state index contributed by atoms with van der Waals surface area (Å²) in [5.41, 5.74) is 2.52. The summed E-state index contributed by atoms with van der Waals surface area (Å²) in [7, 11) is 0. The summed E-state index contributed by atoms with van der Waals surface area (Å²) in [6.45, 7) is 2.17. The number of aromatic nitrogens is 2. The fourth-order valence-corrected chi connectivity index (χ4v) is 4.22.